The van der Waals surface area contributed by atoms with Crippen LogP contribution in [0, 0.1) is 39.8 Å². The van der Waals surface area contributed by atoms with E-state index in [1.165, 1.54) is 22.2 Å². The van der Waals surface area contributed by atoms with Crippen molar-refractivity contribution >= 4 is 95.8 Å². The second-order valence-electron chi connectivity index (χ2n) is 19.4. The fourth-order valence-corrected chi connectivity index (χ4v) is 11.1. The molecular weight excluding hydrogens is 1020 g/mol. The summed E-state index contributed by atoms with van der Waals surface area (Å²) < 4.78 is 18.3. The molecule has 11 nitrogen and oxygen atoms in total. The Hall–Kier alpha value is -7.43. The summed E-state index contributed by atoms with van der Waals surface area (Å²) in [6.45, 7) is 15.2. The van der Waals surface area contributed by atoms with Crippen molar-refractivity contribution in [3.05, 3.63) is 156 Å². The molecule has 1 aliphatic rings. The zero-order valence-corrected chi connectivity index (χ0v) is 41.0. The molecule has 13 heteroatoms. The predicted molar refractivity (Wildman–Crippen MR) is 270 cm³/mol. The van der Waals surface area contributed by atoms with E-state index in [2.05, 4.69) is 192 Å². The van der Waals surface area contributed by atoms with Gasteiger partial charge in [-0.15, -0.1) is 18.2 Å². The number of imidazole rings is 5. The standard InChI is InChI=1S/C55H43BN10O.Pt/c1-30-14-11-15-31(2)47(30)56-61(8)50-36(52-58-24-25-62(52)56)27-43(51-46(50)35-18-9-10-21-44(35)67-51)65-40-29-42-41(28-39(40)63-37-19-12-16-32(3)48(37)59-53(63)65)64-38-20-13-17-33(4)49(38)60-54(64)66(42)45-26-34(22-23-57-45)55(5,6)7;/h9-26,28H,1-8H3;/q-2;+2. The Morgan fingerprint density at radius 2 is 1.28 bits per heavy atom. The number of para-hydroxylation sites is 3. The molecule has 0 bridgehead atoms. The van der Waals surface area contributed by atoms with Crippen LogP contribution in [0.1, 0.15) is 48.6 Å². The van der Waals surface area contributed by atoms with Gasteiger partial charge in [-0.05, 0) is 126 Å². The number of furan rings is 1. The second kappa shape index (κ2) is 14.1. The molecule has 0 unspecified atom stereocenters. The summed E-state index contributed by atoms with van der Waals surface area (Å²) in [5.74, 6) is 3.10. The molecule has 0 saturated carbocycles. The molecule has 7 aromatic heterocycles. The van der Waals surface area contributed by atoms with Crippen LogP contribution in [0.3, 0.4) is 0 Å². The molecule has 1 aliphatic heterocycles. The van der Waals surface area contributed by atoms with Gasteiger partial charge in [0.1, 0.15) is 11.4 Å². The summed E-state index contributed by atoms with van der Waals surface area (Å²) in [6, 6.07) is 42.2. The van der Waals surface area contributed by atoms with E-state index in [4.69, 9.17) is 24.4 Å². The minimum absolute atomic E-state index is 0. The van der Waals surface area contributed by atoms with Crippen molar-refractivity contribution in [1.82, 2.24) is 42.3 Å². The minimum Gasteiger partial charge on any atom is -0.498 e. The van der Waals surface area contributed by atoms with E-state index in [0.29, 0.717) is 5.58 Å². The van der Waals surface area contributed by atoms with Crippen LogP contribution in [-0.2, 0) is 26.5 Å². The summed E-state index contributed by atoms with van der Waals surface area (Å²) in [4.78, 5) is 23.4. The molecule has 6 aromatic carbocycles. The zero-order valence-electron chi connectivity index (χ0n) is 38.7. The quantitative estimate of drug-likeness (QED) is 0.129. The fraction of sp³-hybridized carbons (Fsp3) is 0.164. The number of aromatic nitrogens is 9. The molecule has 8 heterocycles. The molecule has 0 N–H and O–H groups in total. The number of pyridine rings is 1. The summed E-state index contributed by atoms with van der Waals surface area (Å²) in [7, 11) is 2.18. The molecule has 0 spiro atoms. The number of rotatable bonds is 3. The molecule has 13 aromatic rings. The third kappa shape index (κ3) is 5.29. The van der Waals surface area contributed by atoms with E-state index in [9.17, 15) is 0 Å². The minimum atomic E-state index is -0.152. The van der Waals surface area contributed by atoms with Crippen molar-refractivity contribution in [3.8, 4) is 22.9 Å². The van der Waals surface area contributed by atoms with E-state index in [-0.39, 0.29) is 33.5 Å². The molecule has 0 atom stereocenters. The van der Waals surface area contributed by atoms with Gasteiger partial charge in [0.05, 0.1) is 27.6 Å². The Bertz CT molecular complexity index is 4290. The van der Waals surface area contributed by atoms with Crippen molar-refractivity contribution in [2.24, 2.45) is 0 Å². The van der Waals surface area contributed by atoms with Gasteiger partial charge in [-0.1, -0.05) is 98.1 Å². The van der Waals surface area contributed by atoms with Crippen LogP contribution in [0.2, 0.25) is 0 Å². The van der Waals surface area contributed by atoms with E-state index in [1.807, 2.05) is 18.5 Å². The Labute approximate surface area is 405 Å². The molecule has 0 fully saturated rings. The van der Waals surface area contributed by atoms with E-state index >= 15 is 0 Å². The van der Waals surface area contributed by atoms with Crippen molar-refractivity contribution in [3.63, 3.8) is 0 Å². The first-order valence-electron chi connectivity index (χ1n) is 22.8. The first-order chi connectivity index (χ1) is 32.5. The number of hydrogen-bond acceptors (Lipinski definition) is 6. The largest absolute Gasteiger partial charge is 2.00 e. The maximum atomic E-state index is 7.11. The van der Waals surface area contributed by atoms with Gasteiger partial charge < -0.3 is 27.1 Å². The van der Waals surface area contributed by atoms with Gasteiger partial charge in [-0.2, -0.15) is 0 Å². The van der Waals surface area contributed by atoms with Gasteiger partial charge >= 0.3 is 28.0 Å². The van der Waals surface area contributed by atoms with Crippen LogP contribution < -0.4 is 10.3 Å². The van der Waals surface area contributed by atoms with E-state index in [0.717, 1.165) is 112 Å². The van der Waals surface area contributed by atoms with Crippen molar-refractivity contribution in [2.45, 2.75) is 53.9 Å². The van der Waals surface area contributed by atoms with Gasteiger partial charge in [-0.25, -0.2) is 15.0 Å². The third-order valence-corrected chi connectivity index (χ3v) is 14.3. The van der Waals surface area contributed by atoms with Crippen LogP contribution >= 0.6 is 0 Å². The topological polar surface area (TPSA) is 91.5 Å². The number of anilines is 1. The first-order valence-corrected chi connectivity index (χ1v) is 22.8. The Morgan fingerprint density at radius 1 is 0.647 bits per heavy atom. The normalized spacial score (nSPS) is 13.1. The number of benzene rings is 6. The maximum Gasteiger partial charge on any atom is 2.00 e. The van der Waals surface area contributed by atoms with Crippen molar-refractivity contribution in [2.75, 3.05) is 11.9 Å². The average Bonchev–Trinajstić information content (AvgIpc) is 4.17. The number of fused-ring (bicyclic) bond motifs is 17. The molecule has 332 valence electrons. The SMILES string of the molecule is Cc1cccc(C)c1B1N(C)c2c([c-]c(-n3c4[c-]c5c(cc4n4c6cccc(C)c6nc34)n3c4cccc(C)c4nc3n5-c3cc(C(C)(C)C)ccn3)c3oc4ccccc4c23)-c2nccn21.[Pt+2]. The van der Waals surface area contributed by atoms with Crippen molar-refractivity contribution in [1.29, 1.82) is 0 Å². The number of nitrogens with zero attached hydrogens (tertiary/aromatic N) is 10. The fourth-order valence-electron chi connectivity index (χ4n) is 11.1. The van der Waals surface area contributed by atoms with Gasteiger partial charge in [0, 0.05) is 35.5 Å². The molecule has 0 saturated heterocycles. The second-order valence-corrected chi connectivity index (χ2v) is 19.4. The summed E-state index contributed by atoms with van der Waals surface area (Å²) in [5.41, 5.74) is 18.5. The van der Waals surface area contributed by atoms with Gasteiger partial charge in [0.15, 0.2) is 0 Å². The number of hydrogen-bond donors (Lipinski definition) is 0. The Morgan fingerprint density at radius 3 is 1.97 bits per heavy atom. The molecule has 14 rings (SSSR count). The van der Waals surface area contributed by atoms with Gasteiger partial charge in [0.2, 0.25) is 11.6 Å². The van der Waals surface area contributed by atoms with Crippen LogP contribution in [0.25, 0.3) is 101 Å². The third-order valence-electron chi connectivity index (χ3n) is 14.3. The van der Waals surface area contributed by atoms with Crippen LogP contribution in [-0.4, -0.2) is 56.4 Å². The monoisotopic (exact) mass is 1070 g/mol. The van der Waals surface area contributed by atoms with Gasteiger partial charge in [-0.3, -0.25) is 9.55 Å². The zero-order chi connectivity index (χ0) is 45.4. The predicted octanol–water partition coefficient (Wildman–Crippen LogP) is 11.2. The smallest absolute Gasteiger partial charge is 0.498 e. The van der Waals surface area contributed by atoms with Gasteiger partial charge in [0.25, 0.3) is 0 Å². The summed E-state index contributed by atoms with van der Waals surface area (Å²) in [6.07, 6.45) is 5.90. The van der Waals surface area contributed by atoms with Crippen molar-refractivity contribution < 1.29 is 25.5 Å². The van der Waals surface area contributed by atoms with Crippen LogP contribution in [0.4, 0.5) is 5.69 Å². The Balaban J connectivity index is 0.00000457. The van der Waals surface area contributed by atoms with E-state index < -0.39 is 0 Å². The molecule has 68 heavy (non-hydrogen) atoms. The molecular formula is C55H43BN10OPt. The molecule has 0 amide bonds. The number of aryl methyl sites for hydroxylation is 4. The molecule has 0 radical (unpaired) electrons. The summed E-state index contributed by atoms with van der Waals surface area (Å²) >= 11 is 0. The van der Waals surface area contributed by atoms with Crippen LogP contribution in [0.15, 0.2) is 120 Å². The van der Waals surface area contributed by atoms with E-state index in [1.54, 1.807) is 0 Å². The van der Waals surface area contributed by atoms with Crippen LogP contribution in [0.5, 0.6) is 0 Å². The average molecular weight is 1070 g/mol. The summed E-state index contributed by atoms with van der Waals surface area (Å²) in [5, 5.41) is 2.01. The Kier molecular flexibility index (Phi) is 8.44. The molecule has 0 aliphatic carbocycles. The maximum absolute atomic E-state index is 7.11. The first kappa shape index (κ1) is 40.8.